The first-order valence-corrected chi connectivity index (χ1v) is 6.45. The van der Waals surface area contributed by atoms with E-state index in [1.165, 1.54) is 0 Å². The van der Waals surface area contributed by atoms with Crippen LogP contribution in [0.15, 0.2) is 30.5 Å². The summed E-state index contributed by atoms with van der Waals surface area (Å²) in [5, 5.41) is 4.49. The van der Waals surface area contributed by atoms with Gasteiger partial charge >= 0.3 is 0 Å². The van der Waals surface area contributed by atoms with Gasteiger partial charge in [0.2, 0.25) is 0 Å². The Bertz CT molecular complexity index is 561. The standard InChI is InChI=1S/C15H18N2O2/c1-3-4-8-17-10-13(11-18)15(16-17)12-6-5-7-14(9-12)19-2/h5-7,9-11H,3-4,8H2,1-2H3. The van der Waals surface area contributed by atoms with Crippen LogP contribution < -0.4 is 4.74 Å². The number of carbonyl (C=O) groups is 1. The Hall–Kier alpha value is -2.10. The van der Waals surface area contributed by atoms with Crippen LogP contribution in [0.4, 0.5) is 0 Å². The summed E-state index contributed by atoms with van der Waals surface area (Å²) in [5.74, 6) is 0.762. The first kappa shape index (κ1) is 13.3. The van der Waals surface area contributed by atoms with Crippen LogP contribution in [0.1, 0.15) is 30.1 Å². The second-order valence-corrected chi connectivity index (χ2v) is 4.40. The number of unbranched alkanes of at least 4 members (excludes halogenated alkanes) is 1. The van der Waals surface area contributed by atoms with E-state index >= 15 is 0 Å². The highest BCUT2D eigenvalue weighted by atomic mass is 16.5. The monoisotopic (exact) mass is 258 g/mol. The van der Waals surface area contributed by atoms with Crippen LogP contribution in [0, 0.1) is 0 Å². The Morgan fingerprint density at radius 3 is 2.95 bits per heavy atom. The molecule has 0 N–H and O–H groups in total. The van der Waals surface area contributed by atoms with Crippen molar-refractivity contribution in [3.05, 3.63) is 36.0 Å². The Morgan fingerprint density at radius 1 is 1.42 bits per heavy atom. The number of hydrogen-bond donors (Lipinski definition) is 0. The van der Waals surface area contributed by atoms with Gasteiger partial charge in [0.15, 0.2) is 6.29 Å². The Labute approximate surface area is 113 Å². The van der Waals surface area contributed by atoms with E-state index in [1.807, 2.05) is 28.9 Å². The van der Waals surface area contributed by atoms with Gasteiger partial charge in [-0.3, -0.25) is 9.48 Å². The summed E-state index contributed by atoms with van der Waals surface area (Å²) in [5.41, 5.74) is 2.23. The van der Waals surface area contributed by atoms with Gasteiger partial charge < -0.3 is 4.74 Å². The van der Waals surface area contributed by atoms with Gasteiger partial charge in [0.1, 0.15) is 11.4 Å². The van der Waals surface area contributed by atoms with E-state index in [0.29, 0.717) is 11.3 Å². The number of carbonyl (C=O) groups excluding carboxylic acids is 1. The molecule has 0 atom stereocenters. The largest absolute Gasteiger partial charge is 0.497 e. The lowest BCUT2D eigenvalue weighted by Crippen LogP contribution is -1.98. The summed E-state index contributed by atoms with van der Waals surface area (Å²) in [6.07, 6.45) is 4.81. The number of aldehydes is 1. The summed E-state index contributed by atoms with van der Waals surface area (Å²) >= 11 is 0. The van der Waals surface area contributed by atoms with Crippen molar-refractivity contribution in [2.75, 3.05) is 7.11 Å². The number of aromatic nitrogens is 2. The molecule has 4 nitrogen and oxygen atoms in total. The number of benzene rings is 1. The van der Waals surface area contributed by atoms with Gasteiger partial charge in [-0.25, -0.2) is 0 Å². The molecule has 1 aromatic heterocycles. The fourth-order valence-corrected chi connectivity index (χ4v) is 1.95. The molecule has 4 heteroatoms. The zero-order valence-corrected chi connectivity index (χ0v) is 11.3. The molecule has 0 fully saturated rings. The maximum absolute atomic E-state index is 11.2. The lowest BCUT2D eigenvalue weighted by atomic mass is 10.1. The minimum atomic E-state index is 0.615. The van der Waals surface area contributed by atoms with E-state index in [1.54, 1.807) is 13.3 Å². The third-order valence-corrected chi connectivity index (χ3v) is 3.00. The van der Waals surface area contributed by atoms with Crippen LogP contribution in [-0.2, 0) is 6.54 Å². The fourth-order valence-electron chi connectivity index (χ4n) is 1.95. The van der Waals surface area contributed by atoms with E-state index in [4.69, 9.17) is 4.74 Å². The third-order valence-electron chi connectivity index (χ3n) is 3.00. The van der Waals surface area contributed by atoms with Gasteiger partial charge in [-0.05, 0) is 18.6 Å². The molecule has 0 spiro atoms. The number of aryl methyl sites for hydroxylation is 1. The molecular formula is C15H18N2O2. The molecule has 0 bridgehead atoms. The SMILES string of the molecule is CCCCn1cc(C=O)c(-c2cccc(OC)c2)n1. The third kappa shape index (κ3) is 3.02. The van der Waals surface area contributed by atoms with Crippen molar-refractivity contribution in [1.29, 1.82) is 0 Å². The molecule has 1 aromatic carbocycles. The van der Waals surface area contributed by atoms with Crippen molar-refractivity contribution < 1.29 is 9.53 Å². The van der Waals surface area contributed by atoms with Crippen molar-refractivity contribution in [2.24, 2.45) is 0 Å². The number of rotatable bonds is 6. The highest BCUT2D eigenvalue weighted by molar-refractivity contribution is 5.85. The number of hydrogen-bond acceptors (Lipinski definition) is 3. The van der Waals surface area contributed by atoms with Gasteiger partial charge in [0, 0.05) is 18.3 Å². The average Bonchev–Trinajstić information content (AvgIpc) is 2.88. The topological polar surface area (TPSA) is 44.1 Å². The van der Waals surface area contributed by atoms with Crippen LogP contribution in [0.2, 0.25) is 0 Å². The number of ether oxygens (including phenoxy) is 1. The summed E-state index contributed by atoms with van der Waals surface area (Å²) in [6, 6.07) is 7.59. The summed E-state index contributed by atoms with van der Waals surface area (Å²) in [7, 11) is 1.62. The van der Waals surface area contributed by atoms with E-state index in [0.717, 1.165) is 37.0 Å². The van der Waals surface area contributed by atoms with Crippen molar-refractivity contribution >= 4 is 6.29 Å². The molecule has 0 saturated carbocycles. The molecule has 0 aliphatic rings. The van der Waals surface area contributed by atoms with Gasteiger partial charge in [0.05, 0.1) is 12.7 Å². The van der Waals surface area contributed by atoms with E-state index < -0.39 is 0 Å². The molecular weight excluding hydrogens is 240 g/mol. The zero-order chi connectivity index (χ0) is 13.7. The maximum Gasteiger partial charge on any atom is 0.153 e. The molecule has 2 rings (SSSR count). The smallest absolute Gasteiger partial charge is 0.153 e. The van der Waals surface area contributed by atoms with Gasteiger partial charge in [-0.2, -0.15) is 5.10 Å². The summed E-state index contributed by atoms with van der Waals surface area (Å²) < 4.78 is 7.03. The maximum atomic E-state index is 11.2. The summed E-state index contributed by atoms with van der Waals surface area (Å²) in [6.45, 7) is 2.97. The second-order valence-electron chi connectivity index (χ2n) is 4.40. The molecule has 2 aromatic rings. The van der Waals surface area contributed by atoms with Crippen LogP contribution in [0.25, 0.3) is 11.3 Å². The van der Waals surface area contributed by atoms with Crippen LogP contribution in [-0.4, -0.2) is 23.2 Å². The lowest BCUT2D eigenvalue weighted by molar-refractivity contribution is 0.112. The van der Waals surface area contributed by atoms with Crippen molar-refractivity contribution in [1.82, 2.24) is 9.78 Å². The van der Waals surface area contributed by atoms with Crippen LogP contribution >= 0.6 is 0 Å². The number of methoxy groups -OCH3 is 1. The molecule has 0 amide bonds. The van der Waals surface area contributed by atoms with Gasteiger partial charge in [-0.1, -0.05) is 25.5 Å². The van der Waals surface area contributed by atoms with E-state index in [2.05, 4.69) is 12.0 Å². The van der Waals surface area contributed by atoms with E-state index in [9.17, 15) is 4.79 Å². The minimum absolute atomic E-state index is 0.615. The predicted octanol–water partition coefficient (Wildman–Crippen LogP) is 3.17. The molecule has 0 aliphatic carbocycles. The molecule has 100 valence electrons. The quantitative estimate of drug-likeness (QED) is 0.747. The van der Waals surface area contributed by atoms with E-state index in [-0.39, 0.29) is 0 Å². The normalized spacial score (nSPS) is 10.4. The Morgan fingerprint density at radius 2 is 2.26 bits per heavy atom. The highest BCUT2D eigenvalue weighted by Crippen LogP contribution is 2.24. The lowest BCUT2D eigenvalue weighted by Gasteiger charge is -2.02. The van der Waals surface area contributed by atoms with Crippen molar-refractivity contribution in [3.63, 3.8) is 0 Å². The predicted molar refractivity (Wildman–Crippen MR) is 74.5 cm³/mol. The zero-order valence-electron chi connectivity index (χ0n) is 11.3. The van der Waals surface area contributed by atoms with Gasteiger partial charge in [0.25, 0.3) is 0 Å². The van der Waals surface area contributed by atoms with Crippen LogP contribution in [0.5, 0.6) is 5.75 Å². The average molecular weight is 258 g/mol. The molecule has 0 unspecified atom stereocenters. The molecule has 1 heterocycles. The Kier molecular flexibility index (Phi) is 4.34. The Balaban J connectivity index is 2.36. The highest BCUT2D eigenvalue weighted by Gasteiger charge is 2.11. The number of nitrogens with zero attached hydrogens (tertiary/aromatic N) is 2. The second kappa shape index (κ2) is 6.18. The molecule has 19 heavy (non-hydrogen) atoms. The molecule has 0 aliphatic heterocycles. The van der Waals surface area contributed by atoms with Crippen molar-refractivity contribution in [2.45, 2.75) is 26.3 Å². The van der Waals surface area contributed by atoms with Crippen LogP contribution in [0.3, 0.4) is 0 Å². The molecule has 0 saturated heterocycles. The summed E-state index contributed by atoms with van der Waals surface area (Å²) in [4.78, 5) is 11.2. The van der Waals surface area contributed by atoms with Gasteiger partial charge in [-0.15, -0.1) is 0 Å². The van der Waals surface area contributed by atoms with Crippen molar-refractivity contribution in [3.8, 4) is 17.0 Å². The first-order valence-electron chi connectivity index (χ1n) is 6.45. The first-order chi connectivity index (χ1) is 9.28. The molecule has 0 radical (unpaired) electrons. The minimum Gasteiger partial charge on any atom is -0.497 e. The fraction of sp³-hybridized carbons (Fsp3) is 0.333.